The SMILES string of the molecule is CCc1nn2c(C)cc(C)nc2c1Cc1ccc(-n2cc(C(COC)COC)nn2)cc1. The molecule has 168 valence electrons. The minimum absolute atomic E-state index is 0.0560. The molecule has 8 heteroatoms. The average Bonchev–Trinajstić information content (AvgIpc) is 3.40. The summed E-state index contributed by atoms with van der Waals surface area (Å²) < 4.78 is 14.3. The van der Waals surface area contributed by atoms with Crippen LogP contribution in [-0.2, 0) is 22.3 Å². The van der Waals surface area contributed by atoms with E-state index in [1.807, 2.05) is 17.6 Å². The number of nitrogens with zero attached hydrogens (tertiary/aromatic N) is 6. The van der Waals surface area contributed by atoms with Crippen molar-refractivity contribution in [2.75, 3.05) is 27.4 Å². The van der Waals surface area contributed by atoms with Crippen LogP contribution in [0.4, 0.5) is 0 Å². The van der Waals surface area contributed by atoms with Crippen molar-refractivity contribution in [3.05, 3.63) is 70.4 Å². The van der Waals surface area contributed by atoms with E-state index in [1.54, 1.807) is 18.9 Å². The number of hydrogen-bond acceptors (Lipinski definition) is 6. The Morgan fingerprint density at radius 2 is 1.75 bits per heavy atom. The summed E-state index contributed by atoms with van der Waals surface area (Å²) in [6.45, 7) is 7.32. The topological polar surface area (TPSA) is 79.4 Å². The van der Waals surface area contributed by atoms with Crippen molar-refractivity contribution in [2.45, 2.75) is 39.5 Å². The summed E-state index contributed by atoms with van der Waals surface area (Å²) in [7, 11) is 3.36. The van der Waals surface area contributed by atoms with Gasteiger partial charge in [-0.25, -0.2) is 14.2 Å². The summed E-state index contributed by atoms with van der Waals surface area (Å²) in [5.74, 6) is 0.0560. The number of methoxy groups -OCH3 is 2. The van der Waals surface area contributed by atoms with Crippen molar-refractivity contribution in [3.63, 3.8) is 0 Å². The maximum Gasteiger partial charge on any atom is 0.159 e. The molecule has 0 aliphatic rings. The fraction of sp³-hybridized carbons (Fsp3) is 0.417. The van der Waals surface area contributed by atoms with E-state index >= 15 is 0 Å². The zero-order valence-corrected chi connectivity index (χ0v) is 19.4. The van der Waals surface area contributed by atoms with Gasteiger partial charge in [-0.1, -0.05) is 24.3 Å². The molecule has 0 saturated heterocycles. The molecular weight excluding hydrogens is 404 g/mol. The van der Waals surface area contributed by atoms with Gasteiger partial charge in [0.05, 0.1) is 42.4 Å². The highest BCUT2D eigenvalue weighted by Gasteiger charge is 2.17. The fourth-order valence-corrected chi connectivity index (χ4v) is 4.06. The molecule has 0 N–H and O–H groups in total. The Hall–Kier alpha value is -3.10. The quantitative estimate of drug-likeness (QED) is 0.401. The van der Waals surface area contributed by atoms with Crippen molar-refractivity contribution in [2.24, 2.45) is 0 Å². The first kappa shape index (κ1) is 22.1. The third kappa shape index (κ3) is 4.42. The van der Waals surface area contributed by atoms with Gasteiger partial charge in [-0.15, -0.1) is 5.10 Å². The lowest BCUT2D eigenvalue weighted by Gasteiger charge is -2.11. The molecule has 0 atom stereocenters. The molecule has 8 nitrogen and oxygen atoms in total. The second kappa shape index (κ2) is 9.58. The molecule has 4 aromatic rings. The van der Waals surface area contributed by atoms with Gasteiger partial charge in [-0.2, -0.15) is 5.10 Å². The van der Waals surface area contributed by atoms with Crippen LogP contribution >= 0.6 is 0 Å². The molecule has 0 amide bonds. The first-order valence-electron chi connectivity index (χ1n) is 10.9. The number of fused-ring (bicyclic) bond motifs is 1. The minimum Gasteiger partial charge on any atom is -0.384 e. The molecule has 0 spiro atoms. The van der Waals surface area contributed by atoms with Crippen molar-refractivity contribution in [3.8, 4) is 5.69 Å². The van der Waals surface area contributed by atoms with Crippen LogP contribution in [0.2, 0.25) is 0 Å². The zero-order chi connectivity index (χ0) is 22.7. The van der Waals surface area contributed by atoms with Crippen LogP contribution in [0.1, 0.15) is 46.7 Å². The van der Waals surface area contributed by atoms with Gasteiger partial charge in [0.15, 0.2) is 5.65 Å². The van der Waals surface area contributed by atoms with Gasteiger partial charge >= 0.3 is 0 Å². The van der Waals surface area contributed by atoms with E-state index < -0.39 is 0 Å². The van der Waals surface area contributed by atoms with E-state index in [9.17, 15) is 0 Å². The minimum atomic E-state index is 0.0560. The number of aromatic nitrogens is 6. The molecule has 0 aliphatic heterocycles. The molecule has 0 fully saturated rings. The van der Waals surface area contributed by atoms with Gasteiger partial charge in [-0.05, 0) is 44.0 Å². The smallest absolute Gasteiger partial charge is 0.159 e. The molecule has 4 rings (SSSR count). The first-order chi connectivity index (χ1) is 15.5. The standard InChI is InChI=1S/C24H30N6O2/c1-6-22-21(24-25-16(2)11-17(3)30(24)27-22)12-18-7-9-20(10-8-18)29-13-23(26-28-29)19(14-31-4)15-32-5/h7-11,13,19H,6,12,14-15H2,1-5H3. The lowest BCUT2D eigenvalue weighted by Crippen LogP contribution is -2.12. The van der Waals surface area contributed by atoms with Gasteiger partial charge in [-0.3, -0.25) is 0 Å². The van der Waals surface area contributed by atoms with E-state index in [4.69, 9.17) is 19.6 Å². The molecule has 0 radical (unpaired) electrons. The molecule has 32 heavy (non-hydrogen) atoms. The Bertz CT molecular complexity index is 1190. The Balaban J connectivity index is 1.58. The highest BCUT2D eigenvalue weighted by molar-refractivity contribution is 5.54. The van der Waals surface area contributed by atoms with Gasteiger partial charge in [0, 0.05) is 37.6 Å². The predicted molar refractivity (Wildman–Crippen MR) is 122 cm³/mol. The maximum absolute atomic E-state index is 5.29. The normalized spacial score (nSPS) is 11.7. The summed E-state index contributed by atoms with van der Waals surface area (Å²) in [6, 6.07) is 10.5. The van der Waals surface area contributed by atoms with Gasteiger partial charge in [0.2, 0.25) is 0 Å². The molecule has 0 aliphatic carbocycles. The van der Waals surface area contributed by atoms with Crippen LogP contribution in [-0.4, -0.2) is 57.0 Å². The largest absolute Gasteiger partial charge is 0.384 e. The van der Waals surface area contributed by atoms with Gasteiger partial charge in [0.1, 0.15) is 0 Å². The molecule has 0 saturated carbocycles. The van der Waals surface area contributed by atoms with Crippen LogP contribution in [0.3, 0.4) is 0 Å². The zero-order valence-electron chi connectivity index (χ0n) is 19.4. The van der Waals surface area contributed by atoms with Gasteiger partial charge in [0.25, 0.3) is 0 Å². The monoisotopic (exact) mass is 434 g/mol. The second-order valence-electron chi connectivity index (χ2n) is 8.09. The lowest BCUT2D eigenvalue weighted by molar-refractivity contribution is 0.115. The molecule has 1 aromatic carbocycles. The third-order valence-corrected chi connectivity index (χ3v) is 5.66. The number of ether oxygens (including phenoxy) is 2. The fourth-order valence-electron chi connectivity index (χ4n) is 4.06. The lowest BCUT2D eigenvalue weighted by atomic mass is 10.0. The first-order valence-corrected chi connectivity index (χ1v) is 10.9. The van der Waals surface area contributed by atoms with Crippen LogP contribution in [0, 0.1) is 13.8 Å². The highest BCUT2D eigenvalue weighted by Crippen LogP contribution is 2.22. The highest BCUT2D eigenvalue weighted by atomic mass is 16.5. The summed E-state index contributed by atoms with van der Waals surface area (Å²) >= 11 is 0. The van der Waals surface area contributed by atoms with Crippen LogP contribution in [0.25, 0.3) is 11.3 Å². The third-order valence-electron chi connectivity index (χ3n) is 5.66. The summed E-state index contributed by atoms with van der Waals surface area (Å²) in [4.78, 5) is 4.77. The van der Waals surface area contributed by atoms with Crippen LogP contribution in [0.5, 0.6) is 0 Å². The van der Waals surface area contributed by atoms with E-state index in [0.717, 1.165) is 47.0 Å². The Morgan fingerprint density at radius 3 is 2.41 bits per heavy atom. The second-order valence-corrected chi connectivity index (χ2v) is 8.09. The van der Waals surface area contributed by atoms with Crippen LogP contribution < -0.4 is 0 Å². The number of rotatable bonds is 9. The van der Waals surface area contributed by atoms with Crippen LogP contribution in [0.15, 0.2) is 36.5 Å². The summed E-state index contributed by atoms with van der Waals surface area (Å²) in [5, 5.41) is 13.4. The molecule has 3 aromatic heterocycles. The van der Waals surface area contributed by atoms with Crippen molar-refractivity contribution < 1.29 is 9.47 Å². The summed E-state index contributed by atoms with van der Waals surface area (Å²) in [5.41, 5.74) is 8.37. The van der Waals surface area contributed by atoms with Crippen molar-refractivity contribution in [1.29, 1.82) is 0 Å². The van der Waals surface area contributed by atoms with Crippen molar-refractivity contribution >= 4 is 5.65 Å². The Morgan fingerprint density at radius 1 is 1.03 bits per heavy atom. The predicted octanol–water partition coefficient (Wildman–Crippen LogP) is 3.46. The average molecular weight is 435 g/mol. The van der Waals surface area contributed by atoms with E-state index in [2.05, 4.69) is 54.5 Å². The number of hydrogen-bond donors (Lipinski definition) is 0. The van der Waals surface area contributed by atoms with E-state index in [0.29, 0.717) is 13.2 Å². The number of benzene rings is 1. The van der Waals surface area contributed by atoms with Gasteiger partial charge < -0.3 is 9.47 Å². The van der Waals surface area contributed by atoms with Crippen molar-refractivity contribution in [1.82, 2.24) is 29.6 Å². The molecule has 3 heterocycles. The maximum atomic E-state index is 5.29. The Kier molecular flexibility index (Phi) is 6.62. The Labute approximate surface area is 188 Å². The van der Waals surface area contributed by atoms with E-state index in [-0.39, 0.29) is 5.92 Å². The molecule has 0 unspecified atom stereocenters. The molecule has 0 bridgehead atoms. The molecular formula is C24H30N6O2. The van der Waals surface area contributed by atoms with E-state index in [1.165, 1.54) is 11.1 Å². The number of aryl methyl sites for hydroxylation is 3. The summed E-state index contributed by atoms with van der Waals surface area (Å²) in [6.07, 6.45) is 3.60.